The summed E-state index contributed by atoms with van der Waals surface area (Å²) in [5.41, 5.74) is 1.08. The van der Waals surface area contributed by atoms with Crippen molar-refractivity contribution in [1.29, 1.82) is 0 Å². The molecule has 0 aliphatic rings. The Morgan fingerprint density at radius 1 is 0.773 bits per heavy atom. The SMILES string of the molecule is C=Cc1ccc(OCCOCCOCCOCCOC)cc1. The normalized spacial score (nSPS) is 10.6. The summed E-state index contributed by atoms with van der Waals surface area (Å²) in [5, 5.41) is 0. The Morgan fingerprint density at radius 2 is 1.27 bits per heavy atom. The molecular formula is C17H26O5. The molecule has 0 saturated carbocycles. The fourth-order valence-corrected chi connectivity index (χ4v) is 1.60. The molecule has 0 aliphatic carbocycles. The lowest BCUT2D eigenvalue weighted by atomic mass is 10.2. The van der Waals surface area contributed by atoms with Crippen molar-refractivity contribution in [2.24, 2.45) is 0 Å². The van der Waals surface area contributed by atoms with Crippen LogP contribution in [-0.4, -0.2) is 60.0 Å². The summed E-state index contributed by atoms with van der Waals surface area (Å²) in [7, 11) is 1.65. The van der Waals surface area contributed by atoms with E-state index in [4.69, 9.17) is 23.7 Å². The summed E-state index contributed by atoms with van der Waals surface area (Å²) in [5.74, 6) is 0.832. The van der Waals surface area contributed by atoms with Crippen LogP contribution in [0.15, 0.2) is 30.8 Å². The summed E-state index contributed by atoms with van der Waals surface area (Å²) in [6.45, 7) is 8.23. The Hall–Kier alpha value is -1.40. The number of methoxy groups -OCH3 is 1. The number of benzene rings is 1. The molecule has 0 unspecified atom stereocenters. The average molecular weight is 310 g/mol. The van der Waals surface area contributed by atoms with Crippen molar-refractivity contribution in [1.82, 2.24) is 0 Å². The first kappa shape index (κ1) is 18.6. The van der Waals surface area contributed by atoms with Gasteiger partial charge in [-0.2, -0.15) is 0 Å². The molecule has 0 heterocycles. The molecule has 0 aromatic heterocycles. The van der Waals surface area contributed by atoms with Gasteiger partial charge in [0.2, 0.25) is 0 Å². The highest BCUT2D eigenvalue weighted by Gasteiger charge is 1.95. The molecule has 22 heavy (non-hydrogen) atoms. The van der Waals surface area contributed by atoms with Gasteiger partial charge in [0.15, 0.2) is 0 Å². The van der Waals surface area contributed by atoms with Crippen LogP contribution in [0.2, 0.25) is 0 Å². The molecule has 0 spiro atoms. The van der Waals surface area contributed by atoms with Crippen molar-refractivity contribution in [3.63, 3.8) is 0 Å². The summed E-state index contributed by atoms with van der Waals surface area (Å²) >= 11 is 0. The third-order valence-electron chi connectivity index (χ3n) is 2.79. The third kappa shape index (κ3) is 9.52. The highest BCUT2D eigenvalue weighted by Crippen LogP contribution is 2.12. The first-order chi connectivity index (χ1) is 10.9. The first-order valence-corrected chi connectivity index (χ1v) is 7.44. The van der Waals surface area contributed by atoms with E-state index in [0.29, 0.717) is 52.9 Å². The van der Waals surface area contributed by atoms with E-state index in [1.54, 1.807) is 13.2 Å². The minimum absolute atomic E-state index is 0.521. The molecule has 5 nitrogen and oxygen atoms in total. The van der Waals surface area contributed by atoms with Crippen LogP contribution in [0.25, 0.3) is 6.08 Å². The summed E-state index contributed by atoms with van der Waals surface area (Å²) in [6.07, 6.45) is 1.80. The van der Waals surface area contributed by atoms with Crippen molar-refractivity contribution >= 4 is 6.08 Å². The Balaban J connectivity index is 1.86. The van der Waals surface area contributed by atoms with E-state index in [1.807, 2.05) is 24.3 Å². The van der Waals surface area contributed by atoms with E-state index in [-0.39, 0.29) is 0 Å². The van der Waals surface area contributed by atoms with Gasteiger partial charge in [-0.25, -0.2) is 0 Å². The number of hydrogen-bond donors (Lipinski definition) is 0. The zero-order chi connectivity index (χ0) is 15.9. The molecule has 0 atom stereocenters. The van der Waals surface area contributed by atoms with E-state index < -0.39 is 0 Å². The Kier molecular flexibility index (Phi) is 11.3. The quantitative estimate of drug-likeness (QED) is 0.494. The molecule has 0 saturated heterocycles. The van der Waals surface area contributed by atoms with Gasteiger partial charge in [-0.1, -0.05) is 24.8 Å². The topological polar surface area (TPSA) is 46.2 Å². The van der Waals surface area contributed by atoms with Gasteiger partial charge in [-0.15, -0.1) is 0 Å². The smallest absolute Gasteiger partial charge is 0.119 e. The van der Waals surface area contributed by atoms with Gasteiger partial charge < -0.3 is 23.7 Å². The Morgan fingerprint density at radius 3 is 1.77 bits per heavy atom. The second-order valence-electron chi connectivity index (χ2n) is 4.45. The van der Waals surface area contributed by atoms with Crippen molar-refractivity contribution in [3.05, 3.63) is 36.4 Å². The fraction of sp³-hybridized carbons (Fsp3) is 0.529. The lowest BCUT2D eigenvalue weighted by Gasteiger charge is -2.08. The molecule has 0 bridgehead atoms. The van der Waals surface area contributed by atoms with Gasteiger partial charge in [-0.3, -0.25) is 0 Å². The molecule has 124 valence electrons. The molecule has 0 amide bonds. The van der Waals surface area contributed by atoms with Gasteiger partial charge >= 0.3 is 0 Å². The molecule has 1 rings (SSSR count). The predicted molar refractivity (Wildman–Crippen MR) is 86.4 cm³/mol. The molecule has 0 fully saturated rings. The summed E-state index contributed by atoms with van der Waals surface area (Å²) in [4.78, 5) is 0. The van der Waals surface area contributed by atoms with Crippen LogP contribution in [0.4, 0.5) is 0 Å². The molecule has 0 N–H and O–H groups in total. The molecule has 1 aromatic carbocycles. The van der Waals surface area contributed by atoms with Gasteiger partial charge in [0.05, 0.1) is 46.2 Å². The number of ether oxygens (including phenoxy) is 5. The van der Waals surface area contributed by atoms with Crippen LogP contribution in [0, 0.1) is 0 Å². The summed E-state index contributed by atoms with van der Waals surface area (Å²) < 4.78 is 26.5. The predicted octanol–water partition coefficient (Wildman–Crippen LogP) is 2.40. The van der Waals surface area contributed by atoms with Crippen molar-refractivity contribution in [2.45, 2.75) is 0 Å². The molecule has 0 radical (unpaired) electrons. The van der Waals surface area contributed by atoms with Gasteiger partial charge in [0.25, 0.3) is 0 Å². The minimum atomic E-state index is 0.521. The minimum Gasteiger partial charge on any atom is -0.491 e. The molecule has 5 heteroatoms. The standard InChI is InChI=1S/C17H26O5/c1-3-16-4-6-17(7-5-16)22-15-14-21-13-12-20-11-10-19-9-8-18-2/h3-7H,1,8-15H2,2H3. The molecule has 1 aromatic rings. The van der Waals surface area contributed by atoms with Crippen LogP contribution < -0.4 is 4.74 Å². The second-order valence-corrected chi connectivity index (χ2v) is 4.45. The maximum absolute atomic E-state index is 5.56. The zero-order valence-corrected chi connectivity index (χ0v) is 13.3. The number of hydrogen-bond acceptors (Lipinski definition) is 5. The Bertz CT molecular complexity index is 377. The van der Waals surface area contributed by atoms with Gasteiger partial charge in [0.1, 0.15) is 12.4 Å². The molecular weight excluding hydrogens is 284 g/mol. The van der Waals surface area contributed by atoms with Crippen LogP contribution in [0.1, 0.15) is 5.56 Å². The molecule has 0 aliphatic heterocycles. The highest BCUT2D eigenvalue weighted by molar-refractivity contribution is 5.48. The van der Waals surface area contributed by atoms with Crippen LogP contribution in [0.3, 0.4) is 0 Å². The van der Waals surface area contributed by atoms with Crippen molar-refractivity contribution in [3.8, 4) is 5.75 Å². The fourth-order valence-electron chi connectivity index (χ4n) is 1.60. The Labute approximate surface area is 132 Å². The number of rotatable bonds is 14. The monoisotopic (exact) mass is 310 g/mol. The van der Waals surface area contributed by atoms with E-state index >= 15 is 0 Å². The van der Waals surface area contributed by atoms with E-state index in [9.17, 15) is 0 Å². The van der Waals surface area contributed by atoms with Crippen molar-refractivity contribution < 1.29 is 23.7 Å². The zero-order valence-electron chi connectivity index (χ0n) is 13.3. The lowest BCUT2D eigenvalue weighted by molar-refractivity contribution is 0.000164. The van der Waals surface area contributed by atoms with Gasteiger partial charge in [-0.05, 0) is 17.7 Å². The van der Waals surface area contributed by atoms with Crippen LogP contribution in [-0.2, 0) is 18.9 Å². The third-order valence-corrected chi connectivity index (χ3v) is 2.79. The van der Waals surface area contributed by atoms with Crippen LogP contribution >= 0.6 is 0 Å². The first-order valence-electron chi connectivity index (χ1n) is 7.44. The largest absolute Gasteiger partial charge is 0.491 e. The highest BCUT2D eigenvalue weighted by atomic mass is 16.6. The summed E-state index contributed by atoms with van der Waals surface area (Å²) in [6, 6.07) is 7.77. The van der Waals surface area contributed by atoms with E-state index in [1.165, 1.54) is 0 Å². The average Bonchev–Trinajstić information content (AvgIpc) is 2.56. The van der Waals surface area contributed by atoms with Crippen molar-refractivity contribution in [2.75, 3.05) is 60.0 Å². The maximum atomic E-state index is 5.56. The van der Waals surface area contributed by atoms with E-state index in [2.05, 4.69) is 6.58 Å². The van der Waals surface area contributed by atoms with Gasteiger partial charge in [0, 0.05) is 7.11 Å². The maximum Gasteiger partial charge on any atom is 0.119 e. The second kappa shape index (κ2) is 13.3. The van der Waals surface area contributed by atoms with Crippen LogP contribution in [0.5, 0.6) is 5.75 Å². The van der Waals surface area contributed by atoms with E-state index in [0.717, 1.165) is 11.3 Å². The lowest BCUT2D eigenvalue weighted by Crippen LogP contribution is -2.13.